The fraction of sp³-hybridized carbons (Fsp3) is 0.300. The molecule has 1 rings (SSSR count). The van der Waals surface area contributed by atoms with Gasteiger partial charge in [-0.05, 0) is 18.2 Å². The van der Waals surface area contributed by atoms with Crippen molar-refractivity contribution < 1.29 is 14.3 Å². The van der Waals surface area contributed by atoms with Gasteiger partial charge in [-0.25, -0.2) is 0 Å². The van der Waals surface area contributed by atoms with Crippen LogP contribution in [0, 0.1) is 0 Å². The fourth-order valence-electron chi connectivity index (χ4n) is 0.966. The highest BCUT2D eigenvalue weighted by Crippen LogP contribution is 2.21. The van der Waals surface area contributed by atoms with Crippen LogP contribution in [-0.4, -0.2) is 26.6 Å². The number of carbonyl (C=O) groups excluding carboxylic acids is 1. The molecule has 0 saturated heterocycles. The Morgan fingerprint density at radius 1 is 1.43 bits per heavy atom. The van der Waals surface area contributed by atoms with E-state index in [4.69, 9.17) is 21.1 Å². The standard InChI is InChI=1S/C10H11ClO3/c1-13-4-5-14-10-6-9(11)3-2-8(10)7-12/h2-3,6-7H,4-5H2,1H3. The average Bonchev–Trinajstić information content (AvgIpc) is 2.19. The minimum absolute atomic E-state index is 0.400. The molecule has 0 atom stereocenters. The smallest absolute Gasteiger partial charge is 0.153 e. The lowest BCUT2D eigenvalue weighted by Gasteiger charge is -2.07. The molecule has 76 valence electrons. The summed E-state index contributed by atoms with van der Waals surface area (Å²) in [4.78, 5) is 10.6. The van der Waals surface area contributed by atoms with Gasteiger partial charge in [-0.2, -0.15) is 0 Å². The number of hydrogen-bond donors (Lipinski definition) is 0. The topological polar surface area (TPSA) is 35.5 Å². The summed E-state index contributed by atoms with van der Waals surface area (Å²) in [7, 11) is 1.59. The second-order valence-corrected chi connectivity index (χ2v) is 3.08. The van der Waals surface area contributed by atoms with Crippen LogP contribution in [0.5, 0.6) is 5.75 Å². The highest BCUT2D eigenvalue weighted by Gasteiger charge is 2.03. The molecule has 3 nitrogen and oxygen atoms in total. The minimum atomic E-state index is 0.400. The van der Waals surface area contributed by atoms with Crippen LogP contribution in [0.15, 0.2) is 18.2 Å². The maximum atomic E-state index is 10.6. The van der Waals surface area contributed by atoms with E-state index in [-0.39, 0.29) is 0 Å². The highest BCUT2D eigenvalue weighted by molar-refractivity contribution is 6.30. The number of aldehydes is 1. The summed E-state index contributed by atoms with van der Waals surface area (Å²) in [6, 6.07) is 4.88. The number of benzene rings is 1. The van der Waals surface area contributed by atoms with Gasteiger partial charge in [0.2, 0.25) is 0 Å². The van der Waals surface area contributed by atoms with Gasteiger partial charge < -0.3 is 9.47 Å². The Balaban J connectivity index is 2.72. The van der Waals surface area contributed by atoms with Crippen molar-refractivity contribution in [1.82, 2.24) is 0 Å². The molecule has 0 radical (unpaired) electrons. The molecular weight excluding hydrogens is 204 g/mol. The van der Waals surface area contributed by atoms with Gasteiger partial charge in [0, 0.05) is 12.1 Å². The van der Waals surface area contributed by atoms with E-state index in [9.17, 15) is 4.79 Å². The molecule has 0 saturated carbocycles. The van der Waals surface area contributed by atoms with Gasteiger partial charge in [-0.3, -0.25) is 4.79 Å². The lowest BCUT2D eigenvalue weighted by Crippen LogP contribution is -2.05. The third kappa shape index (κ3) is 3.01. The molecule has 0 amide bonds. The summed E-state index contributed by atoms with van der Waals surface area (Å²) in [6.07, 6.45) is 0.735. The number of hydrogen-bond acceptors (Lipinski definition) is 3. The number of rotatable bonds is 5. The maximum absolute atomic E-state index is 10.6. The Hall–Kier alpha value is -1.06. The Kier molecular flexibility index (Phi) is 4.43. The van der Waals surface area contributed by atoms with Gasteiger partial charge in [0.1, 0.15) is 12.4 Å². The first-order valence-corrected chi connectivity index (χ1v) is 4.52. The third-order valence-electron chi connectivity index (χ3n) is 1.65. The molecule has 0 aliphatic rings. The minimum Gasteiger partial charge on any atom is -0.490 e. The van der Waals surface area contributed by atoms with E-state index in [0.29, 0.717) is 29.5 Å². The second kappa shape index (κ2) is 5.62. The number of halogens is 1. The van der Waals surface area contributed by atoms with Crippen LogP contribution in [0.4, 0.5) is 0 Å². The molecular formula is C10H11ClO3. The van der Waals surface area contributed by atoms with Crippen molar-refractivity contribution in [2.75, 3.05) is 20.3 Å². The predicted octanol–water partition coefficient (Wildman–Crippen LogP) is 2.18. The molecule has 0 fully saturated rings. The first kappa shape index (κ1) is 11.0. The summed E-state index contributed by atoms with van der Waals surface area (Å²) in [5.41, 5.74) is 0.491. The number of ether oxygens (including phenoxy) is 2. The molecule has 4 heteroatoms. The largest absolute Gasteiger partial charge is 0.490 e. The summed E-state index contributed by atoms with van der Waals surface area (Å²) >= 11 is 5.76. The van der Waals surface area contributed by atoms with Crippen molar-refractivity contribution in [3.05, 3.63) is 28.8 Å². The van der Waals surface area contributed by atoms with Gasteiger partial charge in [0.25, 0.3) is 0 Å². The molecule has 0 N–H and O–H groups in total. The zero-order valence-corrected chi connectivity index (χ0v) is 8.58. The Morgan fingerprint density at radius 2 is 2.21 bits per heavy atom. The monoisotopic (exact) mass is 214 g/mol. The summed E-state index contributed by atoms with van der Waals surface area (Å²) < 4.78 is 10.1. The van der Waals surface area contributed by atoms with Crippen LogP contribution >= 0.6 is 11.6 Å². The van der Waals surface area contributed by atoms with Gasteiger partial charge in [0.15, 0.2) is 6.29 Å². The van der Waals surface area contributed by atoms with Gasteiger partial charge in [-0.1, -0.05) is 11.6 Å². The summed E-state index contributed by atoms with van der Waals surface area (Å²) in [6.45, 7) is 0.877. The molecule has 1 aromatic rings. The molecule has 1 aromatic carbocycles. The molecule has 0 aliphatic carbocycles. The Morgan fingerprint density at radius 3 is 2.86 bits per heavy atom. The van der Waals surface area contributed by atoms with Crippen LogP contribution in [0.1, 0.15) is 10.4 Å². The zero-order chi connectivity index (χ0) is 10.4. The number of methoxy groups -OCH3 is 1. The van der Waals surface area contributed by atoms with E-state index in [1.54, 1.807) is 25.3 Å². The molecule has 0 aromatic heterocycles. The summed E-state index contributed by atoms with van der Waals surface area (Å²) in [5.74, 6) is 0.490. The van der Waals surface area contributed by atoms with E-state index < -0.39 is 0 Å². The van der Waals surface area contributed by atoms with E-state index in [1.165, 1.54) is 0 Å². The molecule has 0 bridgehead atoms. The van der Waals surface area contributed by atoms with E-state index >= 15 is 0 Å². The van der Waals surface area contributed by atoms with Crippen molar-refractivity contribution in [2.24, 2.45) is 0 Å². The van der Waals surface area contributed by atoms with Crippen LogP contribution in [-0.2, 0) is 4.74 Å². The Bertz CT molecular complexity index is 312. The first-order chi connectivity index (χ1) is 6.77. The van der Waals surface area contributed by atoms with Crippen molar-refractivity contribution >= 4 is 17.9 Å². The van der Waals surface area contributed by atoms with E-state index in [2.05, 4.69) is 0 Å². The maximum Gasteiger partial charge on any atom is 0.153 e. The predicted molar refractivity (Wildman–Crippen MR) is 54.2 cm³/mol. The quantitative estimate of drug-likeness (QED) is 0.557. The van der Waals surface area contributed by atoms with Crippen molar-refractivity contribution in [1.29, 1.82) is 0 Å². The average molecular weight is 215 g/mol. The molecule has 0 aliphatic heterocycles. The molecule has 0 unspecified atom stereocenters. The van der Waals surface area contributed by atoms with E-state index in [0.717, 1.165) is 6.29 Å². The van der Waals surface area contributed by atoms with Crippen LogP contribution in [0.3, 0.4) is 0 Å². The van der Waals surface area contributed by atoms with Crippen LogP contribution in [0.2, 0.25) is 5.02 Å². The fourth-order valence-corrected chi connectivity index (χ4v) is 1.13. The molecule has 0 heterocycles. The SMILES string of the molecule is COCCOc1cc(Cl)ccc1C=O. The van der Waals surface area contributed by atoms with Crippen LogP contribution in [0.25, 0.3) is 0 Å². The lowest BCUT2D eigenvalue weighted by atomic mass is 10.2. The lowest BCUT2D eigenvalue weighted by molar-refractivity contribution is 0.111. The second-order valence-electron chi connectivity index (χ2n) is 2.64. The highest BCUT2D eigenvalue weighted by atomic mass is 35.5. The van der Waals surface area contributed by atoms with E-state index in [1.807, 2.05) is 0 Å². The van der Waals surface area contributed by atoms with Crippen molar-refractivity contribution in [3.8, 4) is 5.75 Å². The van der Waals surface area contributed by atoms with Crippen LogP contribution < -0.4 is 4.74 Å². The molecule has 0 spiro atoms. The molecule has 14 heavy (non-hydrogen) atoms. The zero-order valence-electron chi connectivity index (χ0n) is 7.83. The third-order valence-corrected chi connectivity index (χ3v) is 1.88. The van der Waals surface area contributed by atoms with Gasteiger partial charge in [-0.15, -0.1) is 0 Å². The normalized spacial score (nSPS) is 9.86. The first-order valence-electron chi connectivity index (χ1n) is 4.14. The van der Waals surface area contributed by atoms with Crippen molar-refractivity contribution in [2.45, 2.75) is 0 Å². The van der Waals surface area contributed by atoms with Crippen molar-refractivity contribution in [3.63, 3.8) is 0 Å². The van der Waals surface area contributed by atoms with Gasteiger partial charge in [0.05, 0.1) is 12.2 Å². The summed E-state index contributed by atoms with van der Waals surface area (Å²) in [5, 5.41) is 0.544. The number of carbonyl (C=O) groups is 1. The Labute approximate surface area is 87.6 Å². The van der Waals surface area contributed by atoms with Gasteiger partial charge >= 0.3 is 0 Å².